The van der Waals surface area contributed by atoms with Crippen LogP contribution >= 0.6 is 10.7 Å². The van der Waals surface area contributed by atoms with Crippen LogP contribution in [0.3, 0.4) is 0 Å². The third-order valence-corrected chi connectivity index (χ3v) is 7.08. The van der Waals surface area contributed by atoms with Gasteiger partial charge < -0.3 is 4.74 Å². The topological polar surface area (TPSA) is 43.4 Å². The van der Waals surface area contributed by atoms with Crippen molar-refractivity contribution in [1.29, 1.82) is 0 Å². The predicted octanol–water partition coefficient (Wildman–Crippen LogP) is 7.26. The molecule has 0 atom stereocenters. The van der Waals surface area contributed by atoms with E-state index in [-0.39, 0.29) is 4.90 Å². The van der Waals surface area contributed by atoms with E-state index in [9.17, 15) is 8.42 Å². The molecule has 5 rings (SSSR count). The SMILES string of the molecule is COc1ccc2cc(-c3ccccc3)ccc2c1-c1c(S(=O)(=O)Cl)ccc2ccccc12. The largest absolute Gasteiger partial charge is 0.496 e. The molecule has 32 heavy (non-hydrogen) atoms. The lowest BCUT2D eigenvalue weighted by Crippen LogP contribution is -1.99. The molecule has 5 aromatic carbocycles. The second-order valence-electron chi connectivity index (χ2n) is 7.54. The standard InChI is InChI=1S/C27H19ClO3S/c1-31-24-15-12-21-17-20(18-7-3-2-4-8-18)11-14-23(21)26(24)27-22-10-6-5-9-19(22)13-16-25(27)32(28,29)30/h2-17H,1H3. The predicted molar refractivity (Wildman–Crippen MR) is 132 cm³/mol. The highest BCUT2D eigenvalue weighted by Gasteiger charge is 2.23. The van der Waals surface area contributed by atoms with Gasteiger partial charge in [0.15, 0.2) is 0 Å². The van der Waals surface area contributed by atoms with Crippen molar-refractivity contribution >= 4 is 41.3 Å². The minimum absolute atomic E-state index is 0.0656. The normalized spacial score (nSPS) is 11.7. The van der Waals surface area contributed by atoms with E-state index in [0.29, 0.717) is 16.9 Å². The van der Waals surface area contributed by atoms with Gasteiger partial charge in [-0.1, -0.05) is 78.9 Å². The lowest BCUT2D eigenvalue weighted by Gasteiger charge is -2.17. The Balaban J connectivity index is 1.89. The third-order valence-electron chi connectivity index (χ3n) is 5.71. The minimum atomic E-state index is -4.00. The second kappa shape index (κ2) is 7.97. The zero-order chi connectivity index (χ0) is 22.3. The van der Waals surface area contributed by atoms with Crippen molar-refractivity contribution in [3.05, 3.63) is 97.1 Å². The molecule has 5 aromatic rings. The Hall–Kier alpha value is -3.34. The van der Waals surface area contributed by atoms with E-state index in [1.165, 1.54) is 0 Å². The summed E-state index contributed by atoms with van der Waals surface area (Å²) >= 11 is 0. The molecule has 0 saturated heterocycles. The van der Waals surface area contributed by atoms with Crippen LogP contribution in [0.5, 0.6) is 5.75 Å². The van der Waals surface area contributed by atoms with Gasteiger partial charge in [0.25, 0.3) is 9.05 Å². The van der Waals surface area contributed by atoms with Crippen molar-refractivity contribution in [2.75, 3.05) is 7.11 Å². The van der Waals surface area contributed by atoms with Gasteiger partial charge in [0.1, 0.15) is 5.75 Å². The van der Waals surface area contributed by atoms with Crippen LogP contribution in [0.25, 0.3) is 43.8 Å². The summed E-state index contributed by atoms with van der Waals surface area (Å²) in [6, 6.07) is 31.2. The van der Waals surface area contributed by atoms with E-state index in [2.05, 4.69) is 18.2 Å². The highest BCUT2D eigenvalue weighted by atomic mass is 35.7. The van der Waals surface area contributed by atoms with Crippen molar-refractivity contribution < 1.29 is 13.2 Å². The molecule has 0 spiro atoms. The summed E-state index contributed by atoms with van der Waals surface area (Å²) in [6.45, 7) is 0. The number of benzene rings is 5. The van der Waals surface area contributed by atoms with Gasteiger partial charge in [-0.15, -0.1) is 0 Å². The van der Waals surface area contributed by atoms with Gasteiger partial charge in [0, 0.05) is 21.8 Å². The molecule has 0 saturated carbocycles. The highest BCUT2D eigenvalue weighted by molar-refractivity contribution is 8.13. The quantitative estimate of drug-likeness (QED) is 0.266. The third kappa shape index (κ3) is 3.52. The van der Waals surface area contributed by atoms with Crippen LogP contribution in [0, 0.1) is 0 Å². The fraction of sp³-hybridized carbons (Fsp3) is 0.0370. The number of hydrogen-bond acceptors (Lipinski definition) is 3. The van der Waals surface area contributed by atoms with Crippen molar-refractivity contribution in [3.63, 3.8) is 0 Å². The van der Waals surface area contributed by atoms with Gasteiger partial charge in [-0.05, 0) is 50.9 Å². The number of ether oxygens (including phenoxy) is 1. The molecule has 0 bridgehead atoms. The molecule has 158 valence electrons. The molecule has 0 radical (unpaired) electrons. The van der Waals surface area contributed by atoms with Crippen LogP contribution in [-0.2, 0) is 9.05 Å². The number of fused-ring (bicyclic) bond motifs is 2. The van der Waals surface area contributed by atoms with E-state index in [0.717, 1.165) is 32.7 Å². The van der Waals surface area contributed by atoms with Gasteiger partial charge in [0.05, 0.1) is 12.0 Å². The summed E-state index contributed by atoms with van der Waals surface area (Å²) < 4.78 is 30.8. The maximum Gasteiger partial charge on any atom is 0.261 e. The molecule has 0 aliphatic rings. The fourth-order valence-corrected chi connectivity index (χ4v) is 5.33. The Morgan fingerprint density at radius 3 is 2.09 bits per heavy atom. The zero-order valence-corrected chi connectivity index (χ0v) is 18.8. The van der Waals surface area contributed by atoms with Crippen LogP contribution in [0.1, 0.15) is 0 Å². The average molecular weight is 459 g/mol. The van der Waals surface area contributed by atoms with Crippen molar-refractivity contribution in [3.8, 4) is 28.0 Å². The summed E-state index contributed by atoms with van der Waals surface area (Å²) in [6.07, 6.45) is 0. The van der Waals surface area contributed by atoms with Crippen LogP contribution in [0.15, 0.2) is 102 Å². The van der Waals surface area contributed by atoms with Gasteiger partial charge in [0.2, 0.25) is 0 Å². The molecule has 0 N–H and O–H groups in total. The fourth-order valence-electron chi connectivity index (χ4n) is 4.26. The molecular formula is C27H19ClO3S. The molecular weight excluding hydrogens is 440 g/mol. The minimum Gasteiger partial charge on any atom is -0.496 e. The number of methoxy groups -OCH3 is 1. The Morgan fingerprint density at radius 1 is 0.656 bits per heavy atom. The van der Waals surface area contributed by atoms with E-state index >= 15 is 0 Å². The van der Waals surface area contributed by atoms with Crippen LogP contribution in [-0.4, -0.2) is 15.5 Å². The Kier molecular flexibility index (Phi) is 5.12. The molecule has 0 heterocycles. The molecule has 0 aliphatic heterocycles. The van der Waals surface area contributed by atoms with Crippen molar-refractivity contribution in [2.24, 2.45) is 0 Å². The molecule has 0 aliphatic carbocycles. The maximum atomic E-state index is 12.6. The first-order chi connectivity index (χ1) is 15.5. The van der Waals surface area contributed by atoms with Gasteiger partial charge in [-0.25, -0.2) is 8.42 Å². The van der Waals surface area contributed by atoms with Crippen LogP contribution < -0.4 is 4.74 Å². The van der Waals surface area contributed by atoms with Gasteiger partial charge in [-0.2, -0.15) is 0 Å². The molecule has 5 heteroatoms. The van der Waals surface area contributed by atoms with E-state index in [1.54, 1.807) is 19.2 Å². The molecule has 0 unspecified atom stereocenters. The van der Waals surface area contributed by atoms with Crippen LogP contribution in [0.4, 0.5) is 0 Å². The summed E-state index contributed by atoms with van der Waals surface area (Å²) in [4.78, 5) is 0.0656. The Morgan fingerprint density at radius 2 is 1.34 bits per heavy atom. The van der Waals surface area contributed by atoms with E-state index in [1.807, 2.05) is 66.7 Å². The van der Waals surface area contributed by atoms with Crippen LogP contribution in [0.2, 0.25) is 0 Å². The Bertz CT molecular complexity index is 1580. The molecule has 3 nitrogen and oxygen atoms in total. The summed E-state index contributed by atoms with van der Waals surface area (Å²) in [5.74, 6) is 0.586. The van der Waals surface area contributed by atoms with E-state index in [4.69, 9.17) is 15.4 Å². The average Bonchev–Trinajstić information content (AvgIpc) is 2.82. The number of halogens is 1. The highest BCUT2D eigenvalue weighted by Crippen LogP contribution is 2.45. The first-order valence-electron chi connectivity index (χ1n) is 10.1. The number of hydrogen-bond donors (Lipinski definition) is 0. The summed E-state index contributed by atoms with van der Waals surface area (Å²) in [5, 5.41) is 3.59. The zero-order valence-electron chi connectivity index (χ0n) is 17.2. The first kappa shape index (κ1) is 20.6. The summed E-state index contributed by atoms with van der Waals surface area (Å²) in [7, 11) is 3.48. The maximum absolute atomic E-state index is 12.6. The number of rotatable bonds is 4. The lowest BCUT2D eigenvalue weighted by atomic mass is 9.91. The van der Waals surface area contributed by atoms with Crippen molar-refractivity contribution in [1.82, 2.24) is 0 Å². The summed E-state index contributed by atoms with van der Waals surface area (Å²) in [5.41, 5.74) is 3.45. The smallest absolute Gasteiger partial charge is 0.261 e. The lowest BCUT2D eigenvalue weighted by molar-refractivity contribution is 0.417. The molecule has 0 fully saturated rings. The van der Waals surface area contributed by atoms with E-state index < -0.39 is 9.05 Å². The second-order valence-corrected chi connectivity index (χ2v) is 10.1. The monoisotopic (exact) mass is 458 g/mol. The first-order valence-corrected chi connectivity index (χ1v) is 12.4. The molecule has 0 amide bonds. The van der Waals surface area contributed by atoms with Crippen molar-refractivity contribution in [2.45, 2.75) is 4.90 Å². The molecule has 0 aromatic heterocycles. The Labute approximate surface area is 191 Å². The van der Waals surface area contributed by atoms with Gasteiger partial charge >= 0.3 is 0 Å². The van der Waals surface area contributed by atoms with Gasteiger partial charge in [-0.3, -0.25) is 0 Å².